The topological polar surface area (TPSA) is 39.1 Å². The highest BCUT2D eigenvalue weighted by molar-refractivity contribution is 6.30. The number of methoxy groups -OCH3 is 1. The second kappa shape index (κ2) is 7.48. The molecule has 0 atom stereocenters. The molecule has 0 saturated heterocycles. The van der Waals surface area contributed by atoms with Crippen LogP contribution < -0.4 is 10.1 Å². The van der Waals surface area contributed by atoms with Gasteiger partial charge in [0.2, 0.25) is 0 Å². The third-order valence-electron chi connectivity index (χ3n) is 3.37. The number of benzene rings is 1. The maximum Gasteiger partial charge on any atom is 0.124 e. The number of hydrogen-bond donors (Lipinski definition) is 1. The lowest BCUT2D eigenvalue weighted by molar-refractivity contribution is 0.407. The predicted octanol–water partition coefficient (Wildman–Crippen LogP) is 3.40. The highest BCUT2D eigenvalue weighted by atomic mass is 35.5. The summed E-state index contributed by atoms with van der Waals surface area (Å²) < 4.78 is 7.31. The molecule has 2 aromatic rings. The van der Waals surface area contributed by atoms with Gasteiger partial charge in [0.1, 0.15) is 5.75 Å². The number of aromatic nitrogens is 2. The van der Waals surface area contributed by atoms with Crippen molar-refractivity contribution in [1.82, 2.24) is 15.1 Å². The Morgan fingerprint density at radius 3 is 2.86 bits per heavy atom. The molecule has 0 amide bonds. The zero-order chi connectivity index (χ0) is 15.2. The quantitative estimate of drug-likeness (QED) is 0.797. The standard InChI is InChI=1S/C16H22ClN3O/c1-4-7-18-9-14-11-20(19-12(14)2)10-13-8-15(17)5-6-16(13)21-3/h5-6,8,11,18H,4,7,9-10H2,1-3H3. The minimum absolute atomic E-state index is 0.651. The van der Waals surface area contributed by atoms with Crippen LogP contribution in [0, 0.1) is 6.92 Å². The molecular formula is C16H22ClN3O. The van der Waals surface area contributed by atoms with Gasteiger partial charge in [-0.05, 0) is 38.1 Å². The van der Waals surface area contributed by atoms with Crippen molar-refractivity contribution in [3.05, 3.63) is 46.2 Å². The molecule has 0 aliphatic heterocycles. The monoisotopic (exact) mass is 307 g/mol. The van der Waals surface area contributed by atoms with Gasteiger partial charge in [0.05, 0.1) is 19.3 Å². The van der Waals surface area contributed by atoms with E-state index in [1.807, 2.05) is 29.8 Å². The molecule has 0 fully saturated rings. The van der Waals surface area contributed by atoms with E-state index in [0.29, 0.717) is 11.6 Å². The summed E-state index contributed by atoms with van der Waals surface area (Å²) in [6.45, 7) is 6.72. The summed E-state index contributed by atoms with van der Waals surface area (Å²) in [5, 5.41) is 8.68. The van der Waals surface area contributed by atoms with Crippen LogP contribution in [0.1, 0.15) is 30.2 Å². The first kappa shape index (κ1) is 15.9. The van der Waals surface area contributed by atoms with Gasteiger partial charge in [-0.25, -0.2) is 0 Å². The third kappa shape index (κ3) is 4.22. The fourth-order valence-electron chi connectivity index (χ4n) is 2.26. The molecule has 0 aliphatic rings. The van der Waals surface area contributed by atoms with E-state index in [0.717, 1.165) is 36.5 Å². The zero-order valence-electron chi connectivity index (χ0n) is 12.8. The third-order valence-corrected chi connectivity index (χ3v) is 3.60. The molecule has 0 spiro atoms. The molecule has 0 aliphatic carbocycles. The van der Waals surface area contributed by atoms with E-state index >= 15 is 0 Å². The van der Waals surface area contributed by atoms with Gasteiger partial charge in [-0.3, -0.25) is 4.68 Å². The van der Waals surface area contributed by atoms with Gasteiger partial charge < -0.3 is 10.1 Å². The Balaban J connectivity index is 2.13. The van der Waals surface area contributed by atoms with Gasteiger partial charge in [0.15, 0.2) is 0 Å². The minimum Gasteiger partial charge on any atom is -0.496 e. The molecular weight excluding hydrogens is 286 g/mol. The fourth-order valence-corrected chi connectivity index (χ4v) is 2.45. The molecule has 0 saturated carbocycles. The van der Waals surface area contributed by atoms with Crippen molar-refractivity contribution in [3.63, 3.8) is 0 Å². The highest BCUT2D eigenvalue weighted by Crippen LogP contribution is 2.23. The van der Waals surface area contributed by atoms with Crippen LogP contribution >= 0.6 is 11.6 Å². The van der Waals surface area contributed by atoms with E-state index in [4.69, 9.17) is 16.3 Å². The summed E-state index contributed by atoms with van der Waals surface area (Å²) in [6.07, 6.45) is 3.21. The molecule has 2 rings (SSSR count). The van der Waals surface area contributed by atoms with Crippen molar-refractivity contribution in [2.45, 2.75) is 33.4 Å². The van der Waals surface area contributed by atoms with Crippen molar-refractivity contribution < 1.29 is 4.74 Å². The predicted molar refractivity (Wildman–Crippen MR) is 86.1 cm³/mol. The summed E-state index contributed by atoms with van der Waals surface area (Å²) in [5.41, 5.74) is 3.31. The molecule has 1 N–H and O–H groups in total. The SMILES string of the molecule is CCCNCc1cn(Cc2cc(Cl)ccc2OC)nc1C. The smallest absolute Gasteiger partial charge is 0.124 e. The number of nitrogens with zero attached hydrogens (tertiary/aromatic N) is 2. The summed E-state index contributed by atoms with van der Waals surface area (Å²) in [5.74, 6) is 0.832. The molecule has 0 bridgehead atoms. The molecule has 21 heavy (non-hydrogen) atoms. The summed E-state index contributed by atoms with van der Waals surface area (Å²) in [4.78, 5) is 0. The molecule has 4 nitrogen and oxygen atoms in total. The van der Waals surface area contributed by atoms with Crippen molar-refractivity contribution in [2.75, 3.05) is 13.7 Å². The second-order valence-corrected chi connectivity index (χ2v) is 5.51. The Morgan fingerprint density at radius 1 is 1.33 bits per heavy atom. The van der Waals surface area contributed by atoms with Gasteiger partial charge in [-0.2, -0.15) is 5.10 Å². The molecule has 1 aromatic carbocycles. The fraction of sp³-hybridized carbons (Fsp3) is 0.438. The highest BCUT2D eigenvalue weighted by Gasteiger charge is 2.08. The van der Waals surface area contributed by atoms with Crippen LogP contribution in [-0.4, -0.2) is 23.4 Å². The van der Waals surface area contributed by atoms with E-state index in [2.05, 4.69) is 23.5 Å². The first-order valence-corrected chi connectivity index (χ1v) is 7.58. The number of aryl methyl sites for hydroxylation is 1. The van der Waals surface area contributed by atoms with Gasteiger partial charge in [0, 0.05) is 28.9 Å². The Hall–Kier alpha value is -1.52. The Labute approximate surface area is 131 Å². The first-order valence-electron chi connectivity index (χ1n) is 7.20. The number of rotatable bonds is 7. The van der Waals surface area contributed by atoms with E-state index in [9.17, 15) is 0 Å². The van der Waals surface area contributed by atoms with Crippen molar-refractivity contribution in [2.24, 2.45) is 0 Å². The average Bonchev–Trinajstić information content (AvgIpc) is 2.79. The number of nitrogens with one attached hydrogen (secondary N) is 1. The Morgan fingerprint density at radius 2 is 2.14 bits per heavy atom. The van der Waals surface area contributed by atoms with Crippen LogP contribution in [0.4, 0.5) is 0 Å². The van der Waals surface area contributed by atoms with Gasteiger partial charge in [0.25, 0.3) is 0 Å². The molecule has 114 valence electrons. The van der Waals surface area contributed by atoms with E-state index < -0.39 is 0 Å². The van der Waals surface area contributed by atoms with Crippen molar-refractivity contribution >= 4 is 11.6 Å². The average molecular weight is 308 g/mol. The van der Waals surface area contributed by atoms with Gasteiger partial charge >= 0.3 is 0 Å². The van der Waals surface area contributed by atoms with Crippen molar-refractivity contribution in [1.29, 1.82) is 0 Å². The second-order valence-electron chi connectivity index (χ2n) is 5.07. The van der Waals surface area contributed by atoms with Crippen LogP contribution in [0.5, 0.6) is 5.75 Å². The molecule has 1 heterocycles. The van der Waals surface area contributed by atoms with Gasteiger partial charge in [-0.15, -0.1) is 0 Å². The number of halogens is 1. The lowest BCUT2D eigenvalue weighted by atomic mass is 10.2. The van der Waals surface area contributed by atoms with E-state index in [-0.39, 0.29) is 0 Å². The number of ether oxygens (including phenoxy) is 1. The van der Waals surface area contributed by atoms with E-state index in [1.165, 1.54) is 5.56 Å². The van der Waals surface area contributed by atoms with E-state index in [1.54, 1.807) is 7.11 Å². The molecule has 0 unspecified atom stereocenters. The van der Waals surface area contributed by atoms with Crippen LogP contribution in [0.15, 0.2) is 24.4 Å². The lowest BCUT2D eigenvalue weighted by Crippen LogP contribution is -2.13. The van der Waals surface area contributed by atoms with Crippen LogP contribution in [0.2, 0.25) is 5.02 Å². The van der Waals surface area contributed by atoms with Crippen LogP contribution in [0.3, 0.4) is 0 Å². The molecule has 5 heteroatoms. The lowest BCUT2D eigenvalue weighted by Gasteiger charge is -2.09. The van der Waals surface area contributed by atoms with Crippen LogP contribution in [0.25, 0.3) is 0 Å². The summed E-state index contributed by atoms with van der Waals surface area (Å²) >= 11 is 6.07. The first-order chi connectivity index (χ1) is 10.1. The number of hydrogen-bond acceptors (Lipinski definition) is 3. The summed E-state index contributed by atoms with van der Waals surface area (Å²) in [7, 11) is 1.67. The Kier molecular flexibility index (Phi) is 5.65. The normalized spacial score (nSPS) is 10.9. The maximum atomic E-state index is 6.07. The summed E-state index contributed by atoms with van der Waals surface area (Å²) in [6, 6.07) is 5.64. The molecule has 1 aromatic heterocycles. The molecule has 0 radical (unpaired) electrons. The van der Waals surface area contributed by atoms with Crippen LogP contribution in [-0.2, 0) is 13.1 Å². The maximum absolute atomic E-state index is 6.07. The van der Waals surface area contributed by atoms with Crippen molar-refractivity contribution in [3.8, 4) is 5.75 Å². The van der Waals surface area contributed by atoms with Gasteiger partial charge in [-0.1, -0.05) is 18.5 Å². The Bertz CT molecular complexity index is 595. The largest absolute Gasteiger partial charge is 0.496 e. The zero-order valence-corrected chi connectivity index (χ0v) is 13.6. The minimum atomic E-state index is 0.651.